The van der Waals surface area contributed by atoms with E-state index in [1.807, 2.05) is 19.1 Å². The summed E-state index contributed by atoms with van der Waals surface area (Å²) in [5.41, 5.74) is 1.57. The van der Waals surface area contributed by atoms with Crippen LogP contribution in [0.15, 0.2) is 24.3 Å². The normalized spacial score (nSPS) is 11.4. The minimum absolute atomic E-state index is 0.119. The lowest BCUT2D eigenvalue weighted by atomic mass is 10.1. The van der Waals surface area contributed by atoms with Crippen molar-refractivity contribution in [1.82, 2.24) is 5.32 Å². The average Bonchev–Trinajstić information content (AvgIpc) is 2.42. The van der Waals surface area contributed by atoms with Gasteiger partial charge in [0.25, 0.3) is 0 Å². The molecule has 0 atom stereocenters. The van der Waals surface area contributed by atoms with Crippen LogP contribution in [0.4, 0.5) is 18.9 Å². The summed E-state index contributed by atoms with van der Waals surface area (Å²) in [6.07, 6.45) is -4.49. The van der Waals surface area contributed by atoms with E-state index >= 15 is 0 Å². The maximum Gasteiger partial charge on any atom is 0.411 e. The van der Waals surface area contributed by atoms with Gasteiger partial charge in [0.15, 0.2) is 0 Å². The summed E-state index contributed by atoms with van der Waals surface area (Å²) in [4.78, 5) is 11.7. The highest BCUT2D eigenvalue weighted by atomic mass is 19.4. The van der Waals surface area contributed by atoms with Crippen molar-refractivity contribution in [2.24, 2.45) is 0 Å². The Bertz CT molecular complexity index is 450. The smallest absolute Gasteiger partial charge is 0.372 e. The third-order valence-corrected chi connectivity index (χ3v) is 2.60. The molecule has 0 fully saturated rings. The van der Waals surface area contributed by atoms with Gasteiger partial charge in [-0.1, -0.05) is 25.1 Å². The Labute approximate surface area is 121 Å². The third-order valence-electron chi connectivity index (χ3n) is 2.60. The molecule has 118 valence electrons. The second kappa shape index (κ2) is 8.63. The van der Waals surface area contributed by atoms with E-state index in [2.05, 4.69) is 15.4 Å². The zero-order chi connectivity index (χ0) is 15.7. The van der Waals surface area contributed by atoms with E-state index in [1.165, 1.54) is 0 Å². The first-order valence-corrected chi connectivity index (χ1v) is 6.65. The number of ether oxygens (including phenoxy) is 1. The molecular weight excluding hydrogens is 285 g/mol. The van der Waals surface area contributed by atoms with Crippen molar-refractivity contribution >= 4 is 11.6 Å². The fraction of sp³-hybridized carbons (Fsp3) is 0.500. The monoisotopic (exact) mass is 304 g/mol. The van der Waals surface area contributed by atoms with Crippen LogP contribution >= 0.6 is 0 Å². The molecular formula is C14H19F3N2O2. The van der Waals surface area contributed by atoms with Gasteiger partial charge in [-0.25, -0.2) is 0 Å². The maximum atomic E-state index is 11.9. The number of carbonyl (C=O) groups excluding carboxylic acids is 1. The van der Waals surface area contributed by atoms with Gasteiger partial charge in [-0.05, 0) is 18.2 Å². The van der Waals surface area contributed by atoms with Crippen LogP contribution in [-0.4, -0.2) is 31.8 Å². The highest BCUT2D eigenvalue weighted by Crippen LogP contribution is 2.16. The first-order chi connectivity index (χ1) is 9.92. The average molecular weight is 304 g/mol. The minimum Gasteiger partial charge on any atom is -0.372 e. The molecule has 7 heteroatoms. The number of rotatable bonds is 8. The molecule has 0 radical (unpaired) electrons. The maximum absolute atomic E-state index is 11.9. The minimum atomic E-state index is -4.37. The Morgan fingerprint density at radius 1 is 1.29 bits per heavy atom. The van der Waals surface area contributed by atoms with Gasteiger partial charge in [0.1, 0.15) is 6.61 Å². The summed E-state index contributed by atoms with van der Waals surface area (Å²) in [6.45, 7) is 1.78. The van der Waals surface area contributed by atoms with E-state index in [0.717, 1.165) is 12.1 Å². The molecule has 2 N–H and O–H groups in total. The first-order valence-electron chi connectivity index (χ1n) is 6.65. The topological polar surface area (TPSA) is 50.4 Å². The lowest BCUT2D eigenvalue weighted by molar-refractivity contribution is -0.174. The summed E-state index contributed by atoms with van der Waals surface area (Å²) < 4.78 is 40.0. The largest absolute Gasteiger partial charge is 0.411 e. The summed E-state index contributed by atoms with van der Waals surface area (Å²) in [7, 11) is 0. The number of amides is 1. The van der Waals surface area contributed by atoms with Gasteiger partial charge < -0.3 is 15.4 Å². The van der Waals surface area contributed by atoms with E-state index in [-0.39, 0.29) is 18.9 Å². The van der Waals surface area contributed by atoms with Gasteiger partial charge in [-0.3, -0.25) is 4.79 Å². The number of hydrogen-bond acceptors (Lipinski definition) is 3. The second-order valence-corrected chi connectivity index (χ2v) is 4.40. The molecule has 0 aliphatic rings. The molecule has 0 aliphatic heterocycles. The second-order valence-electron chi connectivity index (χ2n) is 4.40. The predicted molar refractivity (Wildman–Crippen MR) is 73.9 cm³/mol. The molecule has 0 saturated heterocycles. The van der Waals surface area contributed by atoms with Crippen molar-refractivity contribution < 1.29 is 22.7 Å². The summed E-state index contributed by atoms with van der Waals surface area (Å²) in [5, 5.41) is 5.82. The number of hydrogen-bond donors (Lipinski definition) is 2. The van der Waals surface area contributed by atoms with Gasteiger partial charge in [-0.15, -0.1) is 0 Å². The Kier molecular flexibility index (Phi) is 7.18. The van der Waals surface area contributed by atoms with Crippen LogP contribution in [0.3, 0.4) is 0 Å². The number of alkyl halides is 3. The summed E-state index contributed by atoms with van der Waals surface area (Å²) in [6, 6.07) is 7.26. The van der Waals surface area contributed by atoms with Crippen molar-refractivity contribution in [2.45, 2.75) is 26.1 Å². The lowest BCUT2D eigenvalue weighted by Crippen LogP contribution is -2.21. The molecule has 1 aromatic carbocycles. The third kappa shape index (κ3) is 7.67. The van der Waals surface area contributed by atoms with Crippen LogP contribution in [0.1, 0.15) is 18.9 Å². The highest BCUT2D eigenvalue weighted by Gasteiger charge is 2.27. The number of benzene rings is 1. The fourth-order valence-electron chi connectivity index (χ4n) is 1.62. The zero-order valence-corrected chi connectivity index (χ0v) is 11.8. The number of anilines is 1. The van der Waals surface area contributed by atoms with Crippen LogP contribution in [0, 0.1) is 0 Å². The van der Waals surface area contributed by atoms with Crippen LogP contribution in [0.5, 0.6) is 0 Å². The van der Waals surface area contributed by atoms with Gasteiger partial charge in [0.2, 0.25) is 5.91 Å². The molecule has 0 aromatic heterocycles. The molecule has 0 bridgehead atoms. The zero-order valence-electron chi connectivity index (χ0n) is 11.8. The van der Waals surface area contributed by atoms with E-state index in [1.54, 1.807) is 12.1 Å². The number of nitrogens with one attached hydrogen (secondary N) is 2. The molecule has 4 nitrogen and oxygen atoms in total. The lowest BCUT2D eigenvalue weighted by Gasteiger charge is -2.12. The predicted octanol–water partition coefficient (Wildman–Crippen LogP) is 2.70. The Hall–Kier alpha value is -1.60. The quantitative estimate of drug-likeness (QED) is 0.726. The standard InChI is InChI=1S/C14H19F3N2O2/c1-2-18-9-11-5-3-4-6-12(11)19-13(20)7-8-21-10-14(15,16)17/h3-6,18H,2,7-10H2,1H3,(H,19,20). The van der Waals surface area contributed by atoms with E-state index < -0.39 is 12.8 Å². The van der Waals surface area contributed by atoms with Crippen molar-refractivity contribution in [2.75, 3.05) is 25.1 Å². The molecule has 0 unspecified atom stereocenters. The molecule has 1 amide bonds. The van der Waals surface area contributed by atoms with Crippen LogP contribution in [0.2, 0.25) is 0 Å². The Morgan fingerprint density at radius 3 is 2.67 bits per heavy atom. The first kappa shape index (κ1) is 17.5. The van der Waals surface area contributed by atoms with Crippen LogP contribution in [-0.2, 0) is 16.1 Å². The van der Waals surface area contributed by atoms with Crippen molar-refractivity contribution in [1.29, 1.82) is 0 Å². The Balaban J connectivity index is 2.40. The van der Waals surface area contributed by atoms with Gasteiger partial charge in [-0.2, -0.15) is 13.2 Å². The van der Waals surface area contributed by atoms with E-state index in [9.17, 15) is 18.0 Å². The molecule has 0 saturated carbocycles. The molecule has 0 spiro atoms. The summed E-state index contributed by atoms with van der Waals surface area (Å²) in [5.74, 6) is -0.374. The molecule has 1 rings (SSSR count). The molecule has 21 heavy (non-hydrogen) atoms. The molecule has 0 heterocycles. The molecule has 0 aliphatic carbocycles. The number of halogens is 3. The van der Waals surface area contributed by atoms with Crippen molar-refractivity contribution in [3.05, 3.63) is 29.8 Å². The Morgan fingerprint density at radius 2 is 2.00 bits per heavy atom. The fourth-order valence-corrected chi connectivity index (χ4v) is 1.62. The number of para-hydroxylation sites is 1. The molecule has 1 aromatic rings. The highest BCUT2D eigenvalue weighted by molar-refractivity contribution is 5.91. The number of carbonyl (C=O) groups is 1. The van der Waals surface area contributed by atoms with E-state index in [0.29, 0.717) is 12.2 Å². The van der Waals surface area contributed by atoms with Crippen molar-refractivity contribution in [3.8, 4) is 0 Å². The van der Waals surface area contributed by atoms with Gasteiger partial charge >= 0.3 is 6.18 Å². The van der Waals surface area contributed by atoms with Gasteiger partial charge in [0.05, 0.1) is 13.0 Å². The van der Waals surface area contributed by atoms with Crippen LogP contribution in [0.25, 0.3) is 0 Å². The summed E-state index contributed by atoms with van der Waals surface area (Å²) >= 11 is 0. The van der Waals surface area contributed by atoms with Crippen molar-refractivity contribution in [3.63, 3.8) is 0 Å². The van der Waals surface area contributed by atoms with Crippen LogP contribution < -0.4 is 10.6 Å². The van der Waals surface area contributed by atoms with Gasteiger partial charge in [0, 0.05) is 12.2 Å². The SMILES string of the molecule is CCNCc1ccccc1NC(=O)CCOCC(F)(F)F. The van der Waals surface area contributed by atoms with E-state index in [4.69, 9.17) is 0 Å².